The predicted octanol–water partition coefficient (Wildman–Crippen LogP) is 4.38. The molecule has 1 unspecified atom stereocenters. The number of benzene rings is 2. The number of carbonyl (C=O) groups is 3. The highest BCUT2D eigenvalue weighted by Gasteiger charge is 2.49. The fourth-order valence-electron chi connectivity index (χ4n) is 4.82. The molecule has 0 aliphatic carbocycles. The number of halogens is 3. The van der Waals surface area contributed by atoms with Gasteiger partial charge in [0.05, 0.1) is 19.1 Å². The molecule has 218 valence electrons. The maximum Gasteiger partial charge on any atom is 0.251 e. The molecule has 1 saturated heterocycles. The molecule has 0 radical (unpaired) electrons. The molecule has 0 spiro atoms. The van der Waals surface area contributed by atoms with Crippen molar-refractivity contribution in [3.05, 3.63) is 90.1 Å². The third-order valence-corrected chi connectivity index (χ3v) is 7.08. The highest BCUT2D eigenvalue weighted by molar-refractivity contribution is 5.97. The van der Waals surface area contributed by atoms with Crippen LogP contribution in [0.15, 0.2) is 73.1 Å². The number of fused-ring (bicyclic) bond motifs is 1. The van der Waals surface area contributed by atoms with Crippen LogP contribution >= 0.6 is 0 Å². The molecule has 3 heterocycles. The molecule has 42 heavy (non-hydrogen) atoms. The lowest BCUT2D eigenvalue weighted by Crippen LogP contribution is -2.49. The second-order valence-corrected chi connectivity index (χ2v) is 10.2. The van der Waals surface area contributed by atoms with E-state index in [1.54, 1.807) is 25.4 Å². The van der Waals surface area contributed by atoms with Crippen molar-refractivity contribution in [2.24, 2.45) is 0 Å². The van der Waals surface area contributed by atoms with E-state index in [1.807, 2.05) is 6.07 Å². The number of H-pyrrole nitrogens is 1. The number of ether oxygens (including phenoxy) is 1. The van der Waals surface area contributed by atoms with Crippen LogP contribution in [-0.2, 0) is 9.59 Å². The number of carbonyl (C=O) groups excluding carboxylic acids is 3. The van der Waals surface area contributed by atoms with Gasteiger partial charge >= 0.3 is 0 Å². The Morgan fingerprint density at radius 2 is 1.81 bits per heavy atom. The van der Waals surface area contributed by atoms with E-state index >= 15 is 4.39 Å². The molecular formula is C30H28F3N5O4. The van der Waals surface area contributed by atoms with Crippen LogP contribution < -0.4 is 15.4 Å². The lowest BCUT2D eigenvalue weighted by Gasteiger charge is -2.25. The molecule has 2 aromatic carbocycles. The van der Waals surface area contributed by atoms with Gasteiger partial charge in [-0.2, -0.15) is 0 Å². The van der Waals surface area contributed by atoms with Crippen LogP contribution in [0.3, 0.4) is 0 Å². The van der Waals surface area contributed by atoms with Crippen molar-refractivity contribution in [3.63, 3.8) is 0 Å². The van der Waals surface area contributed by atoms with Crippen molar-refractivity contribution < 1.29 is 32.3 Å². The summed E-state index contributed by atoms with van der Waals surface area (Å²) in [6.45, 7) is -0.767. The summed E-state index contributed by atoms with van der Waals surface area (Å²) >= 11 is 0. The van der Waals surface area contributed by atoms with Gasteiger partial charge in [-0.25, -0.2) is 13.2 Å². The summed E-state index contributed by atoms with van der Waals surface area (Å²) in [5.74, 6) is -1.53. The first-order chi connectivity index (χ1) is 20.1. The second kappa shape index (κ2) is 11.9. The SMILES string of the molecule is CC(NC(=O)[C@@H]1C[C@](F)(CF)CN1C(=O)CNC(=O)c1ccc(Oc2ccc(F)cc2)cc1)c1cc2cnccc2[nH]1. The quantitative estimate of drug-likeness (QED) is 0.272. The third kappa shape index (κ3) is 6.37. The molecule has 1 fully saturated rings. The Morgan fingerprint density at radius 3 is 2.48 bits per heavy atom. The summed E-state index contributed by atoms with van der Waals surface area (Å²) in [6.07, 6.45) is 2.79. The average molecular weight is 580 g/mol. The molecule has 0 saturated carbocycles. The average Bonchev–Trinajstić information content (AvgIpc) is 3.59. The van der Waals surface area contributed by atoms with Crippen molar-refractivity contribution in [1.29, 1.82) is 0 Å². The molecule has 3 amide bonds. The number of likely N-dealkylation sites (tertiary alicyclic amines) is 1. The predicted molar refractivity (Wildman–Crippen MR) is 148 cm³/mol. The minimum atomic E-state index is -2.38. The van der Waals surface area contributed by atoms with E-state index in [4.69, 9.17) is 4.74 Å². The smallest absolute Gasteiger partial charge is 0.251 e. The molecule has 4 aromatic rings. The van der Waals surface area contributed by atoms with E-state index in [9.17, 15) is 23.2 Å². The maximum absolute atomic E-state index is 15.1. The van der Waals surface area contributed by atoms with Gasteiger partial charge in [0.1, 0.15) is 30.0 Å². The molecule has 1 aliphatic heterocycles. The third-order valence-electron chi connectivity index (χ3n) is 7.08. The Morgan fingerprint density at radius 1 is 1.12 bits per heavy atom. The standard InChI is InChI=1S/C30H28F3N5O4/c1-18(25-12-20-14-34-11-10-24(20)37-25)36-29(41)26-13-30(33,16-31)17-38(26)27(39)15-35-28(40)19-2-6-22(7-3-19)42-23-8-4-21(32)5-9-23/h2-12,14,18,26,37H,13,15-17H2,1H3,(H,35,40)(H,36,41)/t18?,26-,30-/m0/s1. The molecule has 0 bridgehead atoms. The zero-order valence-electron chi connectivity index (χ0n) is 22.6. The van der Waals surface area contributed by atoms with E-state index < -0.39 is 67.5 Å². The van der Waals surface area contributed by atoms with Crippen LogP contribution in [0.25, 0.3) is 10.9 Å². The summed E-state index contributed by atoms with van der Waals surface area (Å²) in [4.78, 5) is 47.1. The number of pyridine rings is 1. The lowest BCUT2D eigenvalue weighted by molar-refractivity contribution is -0.138. The summed E-state index contributed by atoms with van der Waals surface area (Å²) in [5, 5.41) is 6.08. The van der Waals surface area contributed by atoms with Crippen LogP contribution in [0.4, 0.5) is 13.2 Å². The second-order valence-electron chi connectivity index (χ2n) is 10.2. The number of hydrogen-bond acceptors (Lipinski definition) is 5. The van der Waals surface area contributed by atoms with Crippen molar-refractivity contribution in [2.45, 2.75) is 31.1 Å². The Kier molecular flexibility index (Phi) is 8.14. The minimum Gasteiger partial charge on any atom is -0.457 e. The van der Waals surface area contributed by atoms with Crippen molar-refractivity contribution in [1.82, 2.24) is 25.5 Å². The number of amides is 3. The van der Waals surface area contributed by atoms with E-state index in [-0.39, 0.29) is 5.56 Å². The van der Waals surface area contributed by atoms with Gasteiger partial charge in [-0.1, -0.05) is 0 Å². The van der Waals surface area contributed by atoms with Gasteiger partial charge in [0.25, 0.3) is 5.91 Å². The van der Waals surface area contributed by atoms with Crippen LogP contribution in [0, 0.1) is 5.82 Å². The highest BCUT2D eigenvalue weighted by Crippen LogP contribution is 2.32. The first-order valence-corrected chi connectivity index (χ1v) is 13.2. The molecule has 2 aromatic heterocycles. The Labute approximate surface area is 239 Å². The molecule has 9 nitrogen and oxygen atoms in total. The van der Waals surface area contributed by atoms with Gasteiger partial charge in [0.2, 0.25) is 11.8 Å². The van der Waals surface area contributed by atoms with Crippen LogP contribution in [0.5, 0.6) is 11.5 Å². The number of nitrogens with zero attached hydrogens (tertiary/aromatic N) is 2. The molecule has 1 aliphatic rings. The molecule has 5 rings (SSSR count). The zero-order valence-corrected chi connectivity index (χ0v) is 22.6. The van der Waals surface area contributed by atoms with Crippen molar-refractivity contribution in [3.8, 4) is 11.5 Å². The monoisotopic (exact) mass is 579 g/mol. The van der Waals surface area contributed by atoms with E-state index in [0.717, 1.165) is 15.8 Å². The highest BCUT2D eigenvalue weighted by atomic mass is 19.2. The van der Waals surface area contributed by atoms with Gasteiger partial charge in [-0.15, -0.1) is 0 Å². The number of nitrogens with one attached hydrogen (secondary N) is 3. The maximum atomic E-state index is 15.1. The van der Waals surface area contributed by atoms with E-state index in [2.05, 4.69) is 20.6 Å². The number of rotatable bonds is 9. The molecular weight excluding hydrogens is 551 g/mol. The number of aromatic nitrogens is 2. The Hall–Kier alpha value is -4.87. The Bertz CT molecular complexity index is 1560. The van der Waals surface area contributed by atoms with Crippen LogP contribution in [0.1, 0.15) is 35.4 Å². The number of hydrogen-bond donors (Lipinski definition) is 3. The van der Waals surface area contributed by atoms with Gasteiger partial charge in [-0.3, -0.25) is 19.4 Å². The van der Waals surface area contributed by atoms with Gasteiger partial charge in [-0.05, 0) is 67.6 Å². The summed E-state index contributed by atoms with van der Waals surface area (Å²) in [6, 6.07) is 13.3. The van der Waals surface area contributed by atoms with Crippen LogP contribution in [-0.4, -0.2) is 64.1 Å². The van der Waals surface area contributed by atoms with Gasteiger partial charge in [0, 0.05) is 41.0 Å². The summed E-state index contributed by atoms with van der Waals surface area (Å²) in [7, 11) is 0. The normalized spacial score (nSPS) is 19.0. The fourth-order valence-corrected chi connectivity index (χ4v) is 4.82. The first kappa shape index (κ1) is 28.7. The van der Waals surface area contributed by atoms with Gasteiger partial charge < -0.3 is 25.3 Å². The summed E-state index contributed by atoms with van der Waals surface area (Å²) < 4.78 is 47.3. The van der Waals surface area contributed by atoms with E-state index in [1.165, 1.54) is 48.5 Å². The zero-order chi connectivity index (χ0) is 29.9. The Balaban J connectivity index is 1.19. The molecule has 12 heteroatoms. The fraction of sp³-hybridized carbons (Fsp3) is 0.267. The summed E-state index contributed by atoms with van der Waals surface area (Å²) in [5.41, 5.74) is -0.654. The van der Waals surface area contributed by atoms with E-state index in [0.29, 0.717) is 17.2 Å². The largest absolute Gasteiger partial charge is 0.457 e. The number of aromatic amines is 1. The van der Waals surface area contributed by atoms with Gasteiger partial charge in [0.15, 0.2) is 5.67 Å². The lowest BCUT2D eigenvalue weighted by atomic mass is 10.0. The van der Waals surface area contributed by atoms with Crippen LogP contribution in [0.2, 0.25) is 0 Å². The molecule has 3 atom stereocenters. The minimum absolute atomic E-state index is 0.218. The van der Waals surface area contributed by atoms with Crippen molar-refractivity contribution in [2.75, 3.05) is 19.8 Å². The molecule has 3 N–H and O–H groups in total. The number of alkyl halides is 2. The van der Waals surface area contributed by atoms with Crippen molar-refractivity contribution >= 4 is 28.6 Å². The first-order valence-electron chi connectivity index (χ1n) is 13.2. The topological polar surface area (TPSA) is 116 Å².